The molecule has 0 radical (unpaired) electrons. The Hall–Kier alpha value is -2.83. The first-order valence-corrected chi connectivity index (χ1v) is 11.3. The Morgan fingerprint density at radius 2 is 1.88 bits per heavy atom. The third kappa shape index (κ3) is 5.31. The lowest BCUT2D eigenvalue weighted by Crippen LogP contribution is -2.48. The van der Waals surface area contributed by atoms with Crippen LogP contribution in [0.3, 0.4) is 0 Å². The van der Waals surface area contributed by atoms with E-state index in [2.05, 4.69) is 16.2 Å². The van der Waals surface area contributed by atoms with Crippen molar-refractivity contribution < 1.29 is 9.53 Å². The van der Waals surface area contributed by atoms with Crippen molar-refractivity contribution in [3.63, 3.8) is 0 Å². The third-order valence-corrected chi connectivity index (χ3v) is 6.14. The second kappa shape index (κ2) is 9.76. The maximum atomic E-state index is 13.1. The zero-order valence-corrected chi connectivity index (χ0v) is 19.6. The number of piperazine rings is 1. The molecule has 0 unspecified atom stereocenters. The van der Waals surface area contributed by atoms with Crippen molar-refractivity contribution in [1.29, 1.82) is 0 Å². The minimum atomic E-state index is 0.0673. The average Bonchev–Trinajstić information content (AvgIpc) is 3.11. The molecule has 6 nitrogen and oxygen atoms in total. The molecule has 1 aliphatic rings. The Morgan fingerprint density at radius 1 is 1.09 bits per heavy atom. The standard InChI is InChI=1S/C25H29ClN4O2/c1-18-7-8-23(26)24(13-18)32-17-20-5-4-6-21(14-20)25(31)30-11-9-29(10-12-30)16-22-15-28(3)27-19(22)2/h4-8,13-15H,9-12,16-17H2,1-3H3. The molecular formula is C25H29ClN4O2. The number of aryl methyl sites for hydroxylation is 3. The highest BCUT2D eigenvalue weighted by molar-refractivity contribution is 6.32. The molecule has 168 valence electrons. The molecule has 7 heteroatoms. The number of halogens is 1. The van der Waals surface area contributed by atoms with Crippen LogP contribution in [0.5, 0.6) is 5.75 Å². The average molecular weight is 453 g/mol. The number of aromatic nitrogens is 2. The Kier molecular flexibility index (Phi) is 6.82. The summed E-state index contributed by atoms with van der Waals surface area (Å²) in [7, 11) is 1.95. The van der Waals surface area contributed by atoms with Crippen molar-refractivity contribution >= 4 is 17.5 Å². The first kappa shape index (κ1) is 22.4. The zero-order valence-electron chi connectivity index (χ0n) is 18.8. The lowest BCUT2D eigenvalue weighted by molar-refractivity contribution is 0.0628. The molecule has 1 aromatic heterocycles. The SMILES string of the molecule is Cc1ccc(Cl)c(OCc2cccc(C(=O)N3CCN(Cc4cn(C)nc4C)CC3)c2)c1. The molecule has 1 aliphatic heterocycles. The molecule has 2 aromatic carbocycles. The molecular weight excluding hydrogens is 424 g/mol. The second-order valence-electron chi connectivity index (χ2n) is 8.40. The molecule has 0 N–H and O–H groups in total. The molecule has 1 amide bonds. The van der Waals surface area contributed by atoms with Gasteiger partial charge in [-0.25, -0.2) is 0 Å². The topological polar surface area (TPSA) is 50.6 Å². The van der Waals surface area contributed by atoms with Gasteiger partial charge in [-0.3, -0.25) is 14.4 Å². The molecule has 0 saturated carbocycles. The number of carbonyl (C=O) groups excluding carboxylic acids is 1. The van der Waals surface area contributed by atoms with Gasteiger partial charge in [-0.05, 0) is 49.2 Å². The van der Waals surface area contributed by atoms with Crippen molar-refractivity contribution in [2.75, 3.05) is 26.2 Å². The summed E-state index contributed by atoms with van der Waals surface area (Å²) in [4.78, 5) is 17.4. The molecule has 0 spiro atoms. The number of benzene rings is 2. The zero-order chi connectivity index (χ0) is 22.7. The third-order valence-electron chi connectivity index (χ3n) is 5.82. The fourth-order valence-corrected chi connectivity index (χ4v) is 4.18. The number of amides is 1. The van der Waals surface area contributed by atoms with Gasteiger partial charge in [0, 0.05) is 57.1 Å². The van der Waals surface area contributed by atoms with Crippen LogP contribution in [-0.2, 0) is 20.2 Å². The van der Waals surface area contributed by atoms with Gasteiger partial charge >= 0.3 is 0 Å². The number of hydrogen-bond donors (Lipinski definition) is 0. The summed E-state index contributed by atoms with van der Waals surface area (Å²) in [5, 5.41) is 5.00. The van der Waals surface area contributed by atoms with E-state index in [9.17, 15) is 4.79 Å². The van der Waals surface area contributed by atoms with E-state index >= 15 is 0 Å². The van der Waals surface area contributed by atoms with Gasteiger partial charge in [0.25, 0.3) is 5.91 Å². The van der Waals surface area contributed by atoms with Gasteiger partial charge < -0.3 is 9.64 Å². The Labute approximate surface area is 194 Å². The fourth-order valence-electron chi connectivity index (χ4n) is 4.01. The van der Waals surface area contributed by atoms with E-state index in [4.69, 9.17) is 16.3 Å². The van der Waals surface area contributed by atoms with Crippen molar-refractivity contribution in [3.8, 4) is 5.75 Å². The Balaban J connectivity index is 1.34. The highest BCUT2D eigenvalue weighted by Gasteiger charge is 2.23. The first-order chi connectivity index (χ1) is 15.4. The maximum Gasteiger partial charge on any atom is 0.253 e. The van der Waals surface area contributed by atoms with Crippen molar-refractivity contribution in [1.82, 2.24) is 19.6 Å². The molecule has 4 rings (SSSR count). The number of carbonyl (C=O) groups is 1. The van der Waals surface area contributed by atoms with Gasteiger partial charge in [-0.15, -0.1) is 0 Å². The van der Waals surface area contributed by atoms with Gasteiger partial charge in [0.05, 0.1) is 10.7 Å². The summed E-state index contributed by atoms with van der Waals surface area (Å²) in [6.45, 7) is 8.43. The quantitative estimate of drug-likeness (QED) is 0.561. The van der Waals surface area contributed by atoms with Crippen LogP contribution in [0.25, 0.3) is 0 Å². The van der Waals surface area contributed by atoms with Crippen molar-refractivity contribution in [2.45, 2.75) is 27.0 Å². The highest BCUT2D eigenvalue weighted by Crippen LogP contribution is 2.26. The van der Waals surface area contributed by atoms with Crippen LogP contribution >= 0.6 is 11.6 Å². The van der Waals surface area contributed by atoms with Crippen LogP contribution < -0.4 is 4.74 Å². The van der Waals surface area contributed by atoms with Crippen LogP contribution in [-0.4, -0.2) is 51.7 Å². The Morgan fingerprint density at radius 3 is 2.59 bits per heavy atom. The van der Waals surface area contributed by atoms with Crippen LogP contribution in [0.15, 0.2) is 48.7 Å². The number of rotatable bonds is 6. The monoisotopic (exact) mass is 452 g/mol. The van der Waals surface area contributed by atoms with Crippen molar-refractivity contribution in [3.05, 3.63) is 81.6 Å². The van der Waals surface area contributed by atoms with Crippen LogP contribution in [0.4, 0.5) is 0 Å². The van der Waals surface area contributed by atoms with E-state index in [0.29, 0.717) is 22.9 Å². The van der Waals surface area contributed by atoms with Gasteiger partial charge in [0.1, 0.15) is 12.4 Å². The first-order valence-electron chi connectivity index (χ1n) is 10.9. The number of ether oxygens (including phenoxy) is 1. The summed E-state index contributed by atoms with van der Waals surface area (Å²) >= 11 is 6.22. The number of nitrogens with zero attached hydrogens (tertiary/aromatic N) is 4. The smallest absolute Gasteiger partial charge is 0.253 e. The van der Waals surface area contributed by atoms with Gasteiger partial charge in [0.2, 0.25) is 0 Å². The Bertz CT molecular complexity index is 1100. The van der Waals surface area contributed by atoms with E-state index in [0.717, 1.165) is 49.5 Å². The van der Waals surface area contributed by atoms with Crippen molar-refractivity contribution in [2.24, 2.45) is 7.05 Å². The van der Waals surface area contributed by atoms with Crippen LogP contribution in [0, 0.1) is 13.8 Å². The lowest BCUT2D eigenvalue weighted by atomic mass is 10.1. The predicted octanol–water partition coefficient (Wildman–Crippen LogP) is 4.23. The van der Waals surface area contributed by atoms with Gasteiger partial charge in [0.15, 0.2) is 0 Å². The largest absolute Gasteiger partial charge is 0.487 e. The van der Waals surface area contributed by atoms with Crippen LogP contribution in [0.1, 0.15) is 32.7 Å². The maximum absolute atomic E-state index is 13.1. The molecule has 32 heavy (non-hydrogen) atoms. The van der Waals surface area contributed by atoms with E-state index < -0.39 is 0 Å². The van der Waals surface area contributed by atoms with Gasteiger partial charge in [-0.2, -0.15) is 5.10 Å². The molecule has 1 saturated heterocycles. The highest BCUT2D eigenvalue weighted by atomic mass is 35.5. The van der Waals surface area contributed by atoms with Gasteiger partial charge in [-0.1, -0.05) is 29.8 Å². The molecule has 0 bridgehead atoms. The van der Waals surface area contributed by atoms with Crippen LogP contribution in [0.2, 0.25) is 5.02 Å². The minimum Gasteiger partial charge on any atom is -0.487 e. The molecule has 2 heterocycles. The normalized spacial score (nSPS) is 14.6. The molecule has 1 fully saturated rings. The molecule has 0 aliphatic carbocycles. The minimum absolute atomic E-state index is 0.0673. The van der Waals surface area contributed by atoms with E-state index in [1.807, 2.05) is 72.9 Å². The lowest BCUT2D eigenvalue weighted by Gasteiger charge is -2.34. The summed E-state index contributed by atoms with van der Waals surface area (Å²) in [6.07, 6.45) is 2.07. The molecule has 3 aromatic rings. The van der Waals surface area contributed by atoms with E-state index in [1.54, 1.807) is 0 Å². The second-order valence-corrected chi connectivity index (χ2v) is 8.81. The predicted molar refractivity (Wildman–Crippen MR) is 126 cm³/mol. The molecule has 0 atom stereocenters. The summed E-state index contributed by atoms with van der Waals surface area (Å²) < 4.78 is 7.75. The number of hydrogen-bond acceptors (Lipinski definition) is 4. The van der Waals surface area contributed by atoms with E-state index in [1.165, 1.54) is 5.56 Å². The fraction of sp³-hybridized carbons (Fsp3) is 0.360. The van der Waals surface area contributed by atoms with E-state index in [-0.39, 0.29) is 5.91 Å². The summed E-state index contributed by atoms with van der Waals surface area (Å²) in [6, 6.07) is 13.4. The summed E-state index contributed by atoms with van der Waals surface area (Å²) in [5.74, 6) is 0.723. The summed E-state index contributed by atoms with van der Waals surface area (Å²) in [5.41, 5.74) is 5.04.